The lowest BCUT2D eigenvalue weighted by atomic mass is 9.98. The van der Waals surface area contributed by atoms with Crippen LogP contribution in [-0.2, 0) is 0 Å². The van der Waals surface area contributed by atoms with Gasteiger partial charge in [0.15, 0.2) is 11.5 Å². The number of nitriles is 1. The summed E-state index contributed by atoms with van der Waals surface area (Å²) in [7, 11) is 3.16. The van der Waals surface area contributed by atoms with Gasteiger partial charge in [-0.3, -0.25) is 4.98 Å². The highest BCUT2D eigenvalue weighted by Gasteiger charge is 2.15. The van der Waals surface area contributed by atoms with Crippen molar-refractivity contribution in [3.63, 3.8) is 0 Å². The summed E-state index contributed by atoms with van der Waals surface area (Å²) in [5.41, 5.74) is 9.38. The summed E-state index contributed by atoms with van der Waals surface area (Å²) in [6.07, 6.45) is 3.37. The Morgan fingerprint density at radius 3 is 2.40 bits per heavy atom. The maximum absolute atomic E-state index is 9.70. The number of nitrogen functional groups attached to an aromatic ring is 1. The van der Waals surface area contributed by atoms with Gasteiger partial charge in [-0.1, -0.05) is 6.07 Å². The third-order valence-electron chi connectivity index (χ3n) is 3.64. The van der Waals surface area contributed by atoms with Crippen LogP contribution in [0.1, 0.15) is 5.56 Å². The largest absolute Gasteiger partial charge is 0.493 e. The lowest BCUT2D eigenvalue weighted by Gasteiger charge is -2.11. The maximum atomic E-state index is 9.70. The first-order chi connectivity index (χ1) is 11.7. The summed E-state index contributed by atoms with van der Waals surface area (Å²) >= 11 is 1.49. The molecule has 0 aliphatic rings. The van der Waals surface area contributed by atoms with Gasteiger partial charge in [-0.2, -0.15) is 5.26 Å². The fourth-order valence-electron chi connectivity index (χ4n) is 2.48. The molecule has 2 N–H and O–H groups in total. The molecule has 0 radical (unpaired) electrons. The number of halogens is 1. The number of thiophene rings is 1. The van der Waals surface area contributed by atoms with E-state index in [2.05, 4.69) is 11.1 Å². The molecule has 0 unspecified atom stereocenters. The molecule has 25 heavy (non-hydrogen) atoms. The minimum Gasteiger partial charge on any atom is -0.493 e. The number of methoxy groups -OCH3 is 2. The molecule has 0 aliphatic carbocycles. The van der Waals surface area contributed by atoms with E-state index in [1.165, 1.54) is 11.3 Å². The first kappa shape index (κ1) is 18.6. The Morgan fingerprint density at radius 2 is 1.80 bits per heavy atom. The number of anilines is 1. The van der Waals surface area contributed by atoms with E-state index in [0.29, 0.717) is 22.7 Å². The van der Waals surface area contributed by atoms with Crippen LogP contribution in [0.15, 0.2) is 42.0 Å². The van der Waals surface area contributed by atoms with Gasteiger partial charge >= 0.3 is 0 Å². The van der Waals surface area contributed by atoms with Crippen molar-refractivity contribution >= 4 is 29.4 Å². The van der Waals surface area contributed by atoms with Crippen molar-refractivity contribution in [1.82, 2.24) is 4.98 Å². The summed E-state index contributed by atoms with van der Waals surface area (Å²) in [5.74, 6) is 1.24. The lowest BCUT2D eigenvalue weighted by Crippen LogP contribution is -1.94. The highest BCUT2D eigenvalue weighted by Crippen LogP contribution is 2.37. The molecule has 7 heteroatoms. The van der Waals surface area contributed by atoms with Crippen LogP contribution < -0.4 is 15.2 Å². The molecule has 128 valence electrons. The molecule has 3 rings (SSSR count). The standard InChI is InChI=1S/C18H15N3O2S.ClH/c1-22-16-4-3-11(5-17(16)23-2)14-8-21-9-15(13(14)7-19)18-6-12(20)10-24-18;/h3-6,8-10H,20H2,1-2H3;1H. The number of nitrogens with zero attached hydrogens (tertiary/aromatic N) is 2. The highest BCUT2D eigenvalue weighted by atomic mass is 35.5. The summed E-state index contributed by atoms with van der Waals surface area (Å²) in [6.45, 7) is 0. The van der Waals surface area contributed by atoms with E-state index >= 15 is 0 Å². The third kappa shape index (κ3) is 3.53. The average molecular weight is 374 g/mol. The second-order valence-corrected chi connectivity index (χ2v) is 5.95. The van der Waals surface area contributed by atoms with Crippen molar-refractivity contribution in [2.45, 2.75) is 0 Å². The SMILES string of the molecule is COc1ccc(-c2cncc(-c3cc(N)cs3)c2C#N)cc1OC.Cl. The summed E-state index contributed by atoms with van der Waals surface area (Å²) in [5, 5.41) is 11.5. The first-order valence-electron chi connectivity index (χ1n) is 7.12. The van der Waals surface area contributed by atoms with Gasteiger partial charge in [-0.25, -0.2) is 0 Å². The van der Waals surface area contributed by atoms with Gasteiger partial charge in [0, 0.05) is 39.5 Å². The second-order valence-electron chi connectivity index (χ2n) is 5.04. The number of hydrogen-bond donors (Lipinski definition) is 1. The minimum atomic E-state index is 0. The molecule has 0 fully saturated rings. The lowest BCUT2D eigenvalue weighted by molar-refractivity contribution is 0.355. The molecule has 0 atom stereocenters. The molecular formula is C18H16ClN3O2S. The Hall–Kier alpha value is -2.75. The predicted octanol–water partition coefficient (Wildman–Crippen LogP) is 4.37. The molecule has 1 aromatic carbocycles. The zero-order valence-electron chi connectivity index (χ0n) is 13.6. The highest BCUT2D eigenvalue weighted by molar-refractivity contribution is 7.14. The molecule has 5 nitrogen and oxygen atoms in total. The summed E-state index contributed by atoms with van der Waals surface area (Å²) in [6, 6.07) is 9.67. The first-order valence-corrected chi connectivity index (χ1v) is 8.00. The number of benzene rings is 1. The van der Waals surface area contributed by atoms with Gasteiger partial charge in [-0.15, -0.1) is 23.7 Å². The zero-order chi connectivity index (χ0) is 17.1. The van der Waals surface area contributed by atoms with E-state index in [0.717, 1.165) is 21.6 Å². The predicted molar refractivity (Wildman–Crippen MR) is 102 cm³/mol. The molecule has 0 saturated heterocycles. The van der Waals surface area contributed by atoms with Crippen LogP contribution in [0, 0.1) is 11.3 Å². The Bertz CT molecular complexity index is 934. The van der Waals surface area contributed by atoms with Crippen molar-refractivity contribution in [3.8, 4) is 39.1 Å². The molecule has 2 aromatic heterocycles. The zero-order valence-corrected chi connectivity index (χ0v) is 15.3. The van der Waals surface area contributed by atoms with E-state index in [-0.39, 0.29) is 12.4 Å². The Balaban J connectivity index is 0.00000225. The van der Waals surface area contributed by atoms with Gasteiger partial charge in [0.1, 0.15) is 6.07 Å². The topological polar surface area (TPSA) is 81.2 Å². The number of aromatic nitrogens is 1. The van der Waals surface area contributed by atoms with E-state index in [9.17, 15) is 5.26 Å². The van der Waals surface area contributed by atoms with Crippen LogP contribution in [0.4, 0.5) is 5.69 Å². The third-order valence-corrected chi connectivity index (χ3v) is 4.62. The van der Waals surface area contributed by atoms with E-state index in [1.54, 1.807) is 26.6 Å². The van der Waals surface area contributed by atoms with Gasteiger partial charge in [0.05, 0.1) is 19.8 Å². The van der Waals surface area contributed by atoms with Gasteiger partial charge in [0.2, 0.25) is 0 Å². The van der Waals surface area contributed by atoms with Crippen molar-refractivity contribution in [2.24, 2.45) is 0 Å². The van der Waals surface area contributed by atoms with Crippen LogP contribution in [0.25, 0.3) is 21.6 Å². The van der Waals surface area contributed by atoms with Crippen LogP contribution in [0.2, 0.25) is 0 Å². The van der Waals surface area contributed by atoms with Gasteiger partial charge < -0.3 is 15.2 Å². The fraction of sp³-hybridized carbons (Fsp3) is 0.111. The van der Waals surface area contributed by atoms with Crippen molar-refractivity contribution in [3.05, 3.63) is 47.6 Å². The molecule has 0 amide bonds. The van der Waals surface area contributed by atoms with E-state index in [1.807, 2.05) is 29.6 Å². The van der Waals surface area contributed by atoms with Crippen molar-refractivity contribution < 1.29 is 9.47 Å². The van der Waals surface area contributed by atoms with Crippen molar-refractivity contribution in [1.29, 1.82) is 5.26 Å². The molecule has 0 saturated carbocycles. The van der Waals surface area contributed by atoms with Crippen LogP contribution >= 0.6 is 23.7 Å². The molecule has 0 spiro atoms. The monoisotopic (exact) mass is 373 g/mol. The Morgan fingerprint density at radius 1 is 1.08 bits per heavy atom. The molecule has 0 aliphatic heterocycles. The smallest absolute Gasteiger partial charge is 0.161 e. The molecule has 0 bridgehead atoms. The van der Waals surface area contributed by atoms with Crippen molar-refractivity contribution in [2.75, 3.05) is 20.0 Å². The normalized spacial score (nSPS) is 9.80. The number of rotatable bonds is 4. The number of ether oxygens (including phenoxy) is 2. The Labute approximate surface area is 156 Å². The summed E-state index contributed by atoms with van der Waals surface area (Å²) < 4.78 is 10.6. The van der Waals surface area contributed by atoms with Gasteiger partial charge in [0.25, 0.3) is 0 Å². The number of hydrogen-bond acceptors (Lipinski definition) is 6. The Kier molecular flexibility index (Phi) is 5.86. The number of pyridine rings is 1. The molecular weight excluding hydrogens is 358 g/mol. The van der Waals surface area contributed by atoms with Crippen LogP contribution in [0.5, 0.6) is 11.5 Å². The van der Waals surface area contributed by atoms with E-state index in [4.69, 9.17) is 15.2 Å². The minimum absolute atomic E-state index is 0. The van der Waals surface area contributed by atoms with Crippen LogP contribution in [-0.4, -0.2) is 19.2 Å². The summed E-state index contributed by atoms with van der Waals surface area (Å²) in [4.78, 5) is 5.21. The quantitative estimate of drug-likeness (QED) is 0.734. The molecule has 3 aromatic rings. The molecule has 2 heterocycles. The van der Waals surface area contributed by atoms with Crippen LogP contribution in [0.3, 0.4) is 0 Å². The van der Waals surface area contributed by atoms with Gasteiger partial charge in [-0.05, 0) is 23.8 Å². The van der Waals surface area contributed by atoms with E-state index < -0.39 is 0 Å². The number of nitrogens with two attached hydrogens (primary N) is 1. The fourth-order valence-corrected chi connectivity index (χ4v) is 3.30. The second kappa shape index (κ2) is 7.88. The average Bonchev–Trinajstić information content (AvgIpc) is 3.06. The maximum Gasteiger partial charge on any atom is 0.161 e.